The first kappa shape index (κ1) is 9.05. The first-order chi connectivity index (χ1) is 5.20. The van der Waals surface area contributed by atoms with Crippen LogP contribution in [-0.4, -0.2) is 10.7 Å². The molecule has 1 rings (SSSR count). The van der Waals surface area contributed by atoms with Crippen molar-refractivity contribution in [2.45, 2.75) is 58.0 Å². The van der Waals surface area contributed by atoms with E-state index in [1.54, 1.807) is 0 Å². The van der Waals surface area contributed by atoms with Crippen LogP contribution in [0.5, 0.6) is 0 Å². The Balaban J connectivity index is 2.44. The molecule has 0 heterocycles. The monoisotopic (exact) mass is 156 g/mol. The van der Waals surface area contributed by atoms with E-state index in [-0.39, 0.29) is 5.60 Å². The van der Waals surface area contributed by atoms with Crippen molar-refractivity contribution in [2.75, 3.05) is 0 Å². The maximum atomic E-state index is 9.98. The summed E-state index contributed by atoms with van der Waals surface area (Å²) in [6, 6.07) is 0. The van der Waals surface area contributed by atoms with Crippen molar-refractivity contribution in [3.63, 3.8) is 0 Å². The van der Waals surface area contributed by atoms with Crippen LogP contribution in [0.1, 0.15) is 52.4 Å². The first-order valence-electron chi connectivity index (χ1n) is 4.92. The highest BCUT2D eigenvalue weighted by molar-refractivity contribution is 4.84. The van der Waals surface area contributed by atoms with E-state index < -0.39 is 0 Å². The minimum Gasteiger partial charge on any atom is -0.390 e. The Kier molecular flexibility index (Phi) is 2.94. The van der Waals surface area contributed by atoms with Gasteiger partial charge in [-0.1, -0.05) is 33.1 Å². The molecule has 0 bridgehead atoms. The summed E-state index contributed by atoms with van der Waals surface area (Å²) in [5.41, 5.74) is -0.307. The Morgan fingerprint density at radius 1 is 1.45 bits per heavy atom. The molecular formula is C10H20O. The largest absolute Gasteiger partial charge is 0.390 e. The Hall–Kier alpha value is -0.0400. The van der Waals surface area contributed by atoms with E-state index in [9.17, 15) is 5.11 Å². The Bertz CT molecular complexity index is 122. The number of aliphatic hydroxyl groups is 1. The molecule has 11 heavy (non-hydrogen) atoms. The van der Waals surface area contributed by atoms with Gasteiger partial charge in [0.2, 0.25) is 0 Å². The summed E-state index contributed by atoms with van der Waals surface area (Å²) in [5.74, 6) is 0.786. The molecule has 1 N–H and O–H groups in total. The van der Waals surface area contributed by atoms with Crippen molar-refractivity contribution in [1.82, 2.24) is 0 Å². The van der Waals surface area contributed by atoms with Crippen molar-refractivity contribution in [1.29, 1.82) is 0 Å². The Morgan fingerprint density at radius 3 is 2.73 bits per heavy atom. The maximum Gasteiger partial charge on any atom is 0.0647 e. The van der Waals surface area contributed by atoms with Crippen LogP contribution in [0.25, 0.3) is 0 Å². The third kappa shape index (κ3) is 2.19. The van der Waals surface area contributed by atoms with Gasteiger partial charge < -0.3 is 5.11 Å². The summed E-state index contributed by atoms with van der Waals surface area (Å²) in [4.78, 5) is 0. The van der Waals surface area contributed by atoms with Gasteiger partial charge in [0, 0.05) is 0 Å². The van der Waals surface area contributed by atoms with E-state index in [0.29, 0.717) is 0 Å². The molecule has 0 aliphatic heterocycles. The van der Waals surface area contributed by atoms with Crippen LogP contribution in [0.2, 0.25) is 0 Å². The van der Waals surface area contributed by atoms with Crippen molar-refractivity contribution in [2.24, 2.45) is 5.92 Å². The fourth-order valence-electron chi connectivity index (χ4n) is 2.13. The average Bonchev–Trinajstić information content (AvgIpc) is 2.05. The predicted octanol–water partition coefficient (Wildman–Crippen LogP) is 2.73. The van der Waals surface area contributed by atoms with Gasteiger partial charge in [0.05, 0.1) is 5.60 Å². The molecule has 1 saturated carbocycles. The SMILES string of the molecule is CCC1CCCC(O)(CC)C1. The summed E-state index contributed by atoms with van der Waals surface area (Å²) < 4.78 is 0. The zero-order valence-electron chi connectivity index (χ0n) is 7.77. The smallest absolute Gasteiger partial charge is 0.0647 e. The zero-order valence-corrected chi connectivity index (χ0v) is 7.77. The molecule has 0 spiro atoms. The normalized spacial score (nSPS) is 39.0. The molecule has 0 aromatic rings. The number of hydrogen-bond acceptors (Lipinski definition) is 1. The second-order valence-electron chi connectivity index (χ2n) is 3.95. The lowest BCUT2D eigenvalue weighted by Crippen LogP contribution is -2.34. The van der Waals surface area contributed by atoms with Gasteiger partial charge in [0.15, 0.2) is 0 Å². The van der Waals surface area contributed by atoms with Crippen molar-refractivity contribution in [3.8, 4) is 0 Å². The van der Waals surface area contributed by atoms with Crippen LogP contribution in [0.3, 0.4) is 0 Å². The fourth-order valence-corrected chi connectivity index (χ4v) is 2.13. The molecule has 0 saturated heterocycles. The first-order valence-corrected chi connectivity index (χ1v) is 4.92. The van der Waals surface area contributed by atoms with E-state index in [0.717, 1.165) is 25.2 Å². The van der Waals surface area contributed by atoms with Crippen LogP contribution in [0.15, 0.2) is 0 Å². The molecule has 1 nitrogen and oxygen atoms in total. The molecule has 0 amide bonds. The van der Waals surface area contributed by atoms with E-state index in [1.807, 2.05) is 0 Å². The highest BCUT2D eigenvalue weighted by Crippen LogP contribution is 2.35. The van der Waals surface area contributed by atoms with Crippen molar-refractivity contribution in [3.05, 3.63) is 0 Å². The lowest BCUT2D eigenvalue weighted by Gasteiger charge is -2.35. The molecule has 0 aromatic heterocycles. The van der Waals surface area contributed by atoms with Crippen LogP contribution < -0.4 is 0 Å². The predicted molar refractivity (Wildman–Crippen MR) is 47.5 cm³/mol. The second-order valence-corrected chi connectivity index (χ2v) is 3.95. The third-order valence-corrected chi connectivity index (χ3v) is 3.16. The van der Waals surface area contributed by atoms with Gasteiger partial charge in [-0.3, -0.25) is 0 Å². The van der Waals surface area contributed by atoms with Crippen molar-refractivity contribution < 1.29 is 5.11 Å². The third-order valence-electron chi connectivity index (χ3n) is 3.16. The summed E-state index contributed by atoms with van der Waals surface area (Å²) in [6.07, 6.45) is 6.80. The lowest BCUT2D eigenvalue weighted by atomic mass is 9.76. The lowest BCUT2D eigenvalue weighted by molar-refractivity contribution is -0.0197. The molecular weight excluding hydrogens is 136 g/mol. The van der Waals surface area contributed by atoms with E-state index in [1.165, 1.54) is 19.3 Å². The molecule has 0 radical (unpaired) electrons. The van der Waals surface area contributed by atoms with E-state index in [4.69, 9.17) is 0 Å². The number of hydrogen-bond donors (Lipinski definition) is 1. The fraction of sp³-hybridized carbons (Fsp3) is 1.00. The molecule has 1 aliphatic carbocycles. The molecule has 0 aromatic carbocycles. The highest BCUT2D eigenvalue weighted by Gasteiger charge is 2.31. The quantitative estimate of drug-likeness (QED) is 0.651. The maximum absolute atomic E-state index is 9.98. The van der Waals surface area contributed by atoms with Gasteiger partial charge in [-0.15, -0.1) is 0 Å². The molecule has 2 unspecified atom stereocenters. The minimum absolute atomic E-state index is 0.307. The van der Waals surface area contributed by atoms with Crippen molar-refractivity contribution >= 4 is 0 Å². The summed E-state index contributed by atoms with van der Waals surface area (Å²) in [6.45, 7) is 4.32. The molecule has 1 fully saturated rings. The van der Waals surface area contributed by atoms with Gasteiger partial charge in [0.1, 0.15) is 0 Å². The van der Waals surface area contributed by atoms with E-state index in [2.05, 4.69) is 13.8 Å². The van der Waals surface area contributed by atoms with Gasteiger partial charge in [-0.25, -0.2) is 0 Å². The van der Waals surface area contributed by atoms with E-state index >= 15 is 0 Å². The Labute approximate surface area is 69.8 Å². The van der Waals surface area contributed by atoms with Crippen LogP contribution in [-0.2, 0) is 0 Å². The summed E-state index contributed by atoms with van der Waals surface area (Å²) >= 11 is 0. The van der Waals surface area contributed by atoms with Crippen LogP contribution in [0, 0.1) is 5.92 Å². The molecule has 1 aliphatic rings. The highest BCUT2D eigenvalue weighted by atomic mass is 16.3. The van der Waals surface area contributed by atoms with Gasteiger partial charge >= 0.3 is 0 Å². The second kappa shape index (κ2) is 3.57. The minimum atomic E-state index is -0.307. The Morgan fingerprint density at radius 2 is 2.18 bits per heavy atom. The van der Waals surface area contributed by atoms with Gasteiger partial charge in [0.25, 0.3) is 0 Å². The molecule has 1 heteroatoms. The topological polar surface area (TPSA) is 20.2 Å². The zero-order chi connectivity index (χ0) is 8.32. The summed E-state index contributed by atoms with van der Waals surface area (Å²) in [5, 5.41) is 9.98. The van der Waals surface area contributed by atoms with Gasteiger partial charge in [-0.2, -0.15) is 0 Å². The molecule has 2 atom stereocenters. The standard InChI is InChI=1S/C10H20O/c1-3-9-6-5-7-10(11,4-2)8-9/h9,11H,3-8H2,1-2H3. The average molecular weight is 156 g/mol. The number of rotatable bonds is 2. The van der Waals surface area contributed by atoms with Crippen LogP contribution in [0.4, 0.5) is 0 Å². The summed E-state index contributed by atoms with van der Waals surface area (Å²) in [7, 11) is 0. The van der Waals surface area contributed by atoms with Gasteiger partial charge in [-0.05, 0) is 25.2 Å². The molecule has 66 valence electrons. The van der Waals surface area contributed by atoms with Crippen LogP contribution >= 0.6 is 0 Å².